The molecule has 0 aromatic heterocycles. The number of rotatable bonds is 3. The number of nitrogens with one attached hydrogen (secondary N) is 1. The highest BCUT2D eigenvalue weighted by atomic mass is 35.5. The molecule has 0 spiro atoms. The highest BCUT2D eigenvalue weighted by Crippen LogP contribution is 2.23. The van der Waals surface area contributed by atoms with E-state index in [4.69, 9.17) is 11.6 Å². The second-order valence-corrected chi connectivity index (χ2v) is 5.06. The molecule has 2 rings (SSSR count). The van der Waals surface area contributed by atoms with Gasteiger partial charge in [0.25, 0.3) is 0 Å². The average Bonchev–Trinajstić information content (AvgIpc) is 2.33. The maximum Gasteiger partial charge on any atom is 0.146 e. The van der Waals surface area contributed by atoms with Gasteiger partial charge in [-0.2, -0.15) is 0 Å². The van der Waals surface area contributed by atoms with Gasteiger partial charge in [0.2, 0.25) is 0 Å². The van der Waals surface area contributed by atoms with Crippen molar-refractivity contribution in [2.24, 2.45) is 0 Å². The first-order chi connectivity index (χ1) is 8.16. The Kier molecular flexibility index (Phi) is 4.24. The van der Waals surface area contributed by atoms with Gasteiger partial charge in [0.1, 0.15) is 5.82 Å². The molecule has 17 heavy (non-hydrogen) atoms. The van der Waals surface area contributed by atoms with Crippen molar-refractivity contribution < 1.29 is 4.39 Å². The zero-order valence-electron chi connectivity index (χ0n) is 10.0. The molecule has 1 fully saturated rings. The van der Waals surface area contributed by atoms with E-state index in [0.717, 1.165) is 19.5 Å². The van der Waals surface area contributed by atoms with Crippen molar-refractivity contribution in [2.75, 3.05) is 25.0 Å². The molecule has 1 atom stereocenters. The molecule has 94 valence electrons. The van der Waals surface area contributed by atoms with Gasteiger partial charge in [0, 0.05) is 24.7 Å². The summed E-state index contributed by atoms with van der Waals surface area (Å²) in [5, 5.41) is 4.03. The topological polar surface area (TPSA) is 15.3 Å². The van der Waals surface area contributed by atoms with Gasteiger partial charge in [-0.3, -0.25) is 0 Å². The Bertz CT molecular complexity index is 378. The lowest BCUT2D eigenvalue weighted by atomic mass is 10.0. The van der Waals surface area contributed by atoms with Crippen molar-refractivity contribution in [1.82, 2.24) is 5.32 Å². The number of likely N-dealkylation sites (N-methyl/N-ethyl adjacent to an activating group) is 1. The van der Waals surface area contributed by atoms with E-state index in [1.165, 1.54) is 18.9 Å². The van der Waals surface area contributed by atoms with Crippen LogP contribution in [0.25, 0.3) is 0 Å². The van der Waals surface area contributed by atoms with E-state index in [-0.39, 0.29) is 5.82 Å². The molecule has 1 aliphatic rings. The lowest BCUT2D eigenvalue weighted by Gasteiger charge is -2.29. The maximum absolute atomic E-state index is 13.7. The van der Waals surface area contributed by atoms with Crippen molar-refractivity contribution in [3.05, 3.63) is 29.0 Å². The highest BCUT2D eigenvalue weighted by molar-refractivity contribution is 6.30. The molecule has 2 nitrogen and oxygen atoms in total. The molecule has 0 bridgehead atoms. The Morgan fingerprint density at radius 3 is 3.00 bits per heavy atom. The number of halogens is 2. The summed E-state index contributed by atoms with van der Waals surface area (Å²) in [6, 6.07) is 5.13. The van der Waals surface area contributed by atoms with Gasteiger partial charge in [-0.05, 0) is 37.6 Å². The van der Waals surface area contributed by atoms with Crippen molar-refractivity contribution in [3.8, 4) is 0 Å². The summed E-state index contributed by atoms with van der Waals surface area (Å²) in [5.74, 6) is -0.215. The first kappa shape index (κ1) is 12.7. The first-order valence-electron chi connectivity index (χ1n) is 6.06. The summed E-state index contributed by atoms with van der Waals surface area (Å²) in [7, 11) is 1.91. The third-order valence-corrected chi connectivity index (χ3v) is 3.46. The zero-order chi connectivity index (χ0) is 12.3. The third kappa shape index (κ3) is 3.33. The minimum atomic E-state index is -0.215. The number of anilines is 1. The van der Waals surface area contributed by atoms with Crippen LogP contribution in [0, 0.1) is 5.82 Å². The SMILES string of the molecule is CN(CC1CCCCN1)c1cc(Cl)ccc1F. The molecule has 0 radical (unpaired) electrons. The van der Waals surface area contributed by atoms with Crippen LogP contribution in [-0.2, 0) is 0 Å². The number of piperidine rings is 1. The van der Waals surface area contributed by atoms with Crippen molar-refractivity contribution in [2.45, 2.75) is 25.3 Å². The largest absolute Gasteiger partial charge is 0.371 e. The van der Waals surface area contributed by atoms with Crippen LogP contribution >= 0.6 is 11.6 Å². The van der Waals surface area contributed by atoms with Gasteiger partial charge in [-0.25, -0.2) is 4.39 Å². The van der Waals surface area contributed by atoms with E-state index in [1.807, 2.05) is 11.9 Å². The Morgan fingerprint density at radius 2 is 2.29 bits per heavy atom. The van der Waals surface area contributed by atoms with Gasteiger partial charge < -0.3 is 10.2 Å². The summed E-state index contributed by atoms with van der Waals surface area (Å²) in [6.45, 7) is 1.88. The summed E-state index contributed by atoms with van der Waals surface area (Å²) in [6.07, 6.45) is 3.65. The lowest BCUT2D eigenvalue weighted by molar-refractivity contribution is 0.402. The predicted molar refractivity (Wildman–Crippen MR) is 70.3 cm³/mol. The van der Waals surface area contributed by atoms with E-state index in [1.54, 1.807) is 12.1 Å². The number of benzene rings is 1. The van der Waals surface area contributed by atoms with Gasteiger partial charge in [-0.15, -0.1) is 0 Å². The van der Waals surface area contributed by atoms with E-state index >= 15 is 0 Å². The van der Waals surface area contributed by atoms with E-state index < -0.39 is 0 Å². The molecule has 0 amide bonds. The molecule has 1 unspecified atom stereocenters. The fourth-order valence-electron chi connectivity index (χ4n) is 2.29. The molecule has 4 heteroatoms. The predicted octanol–water partition coefficient (Wildman–Crippen LogP) is 3.06. The fraction of sp³-hybridized carbons (Fsp3) is 0.538. The molecule has 0 saturated carbocycles. The van der Waals surface area contributed by atoms with Crippen LogP contribution in [-0.4, -0.2) is 26.2 Å². The van der Waals surface area contributed by atoms with Gasteiger partial charge in [0.05, 0.1) is 5.69 Å². The van der Waals surface area contributed by atoms with Crippen LogP contribution in [0.3, 0.4) is 0 Å². The standard InChI is InChI=1S/C13H18ClFN2/c1-17(9-11-4-2-3-7-16-11)13-8-10(14)5-6-12(13)15/h5-6,8,11,16H,2-4,7,9H2,1H3. The summed E-state index contributed by atoms with van der Waals surface area (Å²) >= 11 is 5.89. The number of nitrogens with zero attached hydrogens (tertiary/aromatic N) is 1. The molecular weight excluding hydrogens is 239 g/mol. The van der Waals surface area contributed by atoms with Gasteiger partial charge in [0.15, 0.2) is 0 Å². The molecular formula is C13H18ClFN2. The molecule has 1 saturated heterocycles. The molecule has 1 aromatic rings. The van der Waals surface area contributed by atoms with Crippen LogP contribution in [0.1, 0.15) is 19.3 Å². The number of hydrogen-bond donors (Lipinski definition) is 1. The van der Waals surface area contributed by atoms with Crippen LogP contribution in [0.4, 0.5) is 10.1 Å². The molecule has 1 aromatic carbocycles. The second kappa shape index (κ2) is 5.69. The quantitative estimate of drug-likeness (QED) is 0.894. The van der Waals surface area contributed by atoms with E-state index in [9.17, 15) is 4.39 Å². The summed E-state index contributed by atoms with van der Waals surface area (Å²) in [4.78, 5) is 1.93. The van der Waals surface area contributed by atoms with E-state index in [0.29, 0.717) is 16.8 Å². The van der Waals surface area contributed by atoms with Gasteiger partial charge >= 0.3 is 0 Å². The molecule has 1 aliphatic heterocycles. The molecule has 1 heterocycles. The Balaban J connectivity index is 2.02. The van der Waals surface area contributed by atoms with Crippen LogP contribution < -0.4 is 10.2 Å². The summed E-state index contributed by atoms with van der Waals surface area (Å²) in [5.41, 5.74) is 0.574. The fourth-order valence-corrected chi connectivity index (χ4v) is 2.45. The number of hydrogen-bond acceptors (Lipinski definition) is 2. The van der Waals surface area contributed by atoms with Gasteiger partial charge in [-0.1, -0.05) is 18.0 Å². The Morgan fingerprint density at radius 1 is 1.47 bits per heavy atom. The van der Waals surface area contributed by atoms with Crippen molar-refractivity contribution >= 4 is 17.3 Å². The summed E-state index contributed by atoms with van der Waals surface area (Å²) < 4.78 is 13.7. The van der Waals surface area contributed by atoms with E-state index in [2.05, 4.69) is 5.32 Å². The maximum atomic E-state index is 13.7. The normalized spacial score (nSPS) is 20.3. The third-order valence-electron chi connectivity index (χ3n) is 3.23. The van der Waals surface area contributed by atoms with Crippen LogP contribution in [0.2, 0.25) is 5.02 Å². The zero-order valence-corrected chi connectivity index (χ0v) is 10.8. The monoisotopic (exact) mass is 256 g/mol. The Hall–Kier alpha value is -0.800. The Labute approximate surface area is 107 Å². The highest BCUT2D eigenvalue weighted by Gasteiger charge is 2.16. The smallest absolute Gasteiger partial charge is 0.146 e. The van der Waals surface area contributed by atoms with Crippen molar-refractivity contribution in [3.63, 3.8) is 0 Å². The van der Waals surface area contributed by atoms with Crippen molar-refractivity contribution in [1.29, 1.82) is 0 Å². The minimum Gasteiger partial charge on any atom is -0.371 e. The average molecular weight is 257 g/mol. The second-order valence-electron chi connectivity index (χ2n) is 4.62. The first-order valence-corrected chi connectivity index (χ1v) is 6.44. The molecule has 0 aliphatic carbocycles. The van der Waals surface area contributed by atoms with Crippen LogP contribution in [0.5, 0.6) is 0 Å². The lowest BCUT2D eigenvalue weighted by Crippen LogP contribution is -2.42. The molecule has 1 N–H and O–H groups in total. The van der Waals surface area contributed by atoms with Crippen LogP contribution in [0.15, 0.2) is 18.2 Å². The minimum absolute atomic E-state index is 0.215.